The number of phenols is 1. The molecule has 1 heterocycles. The van der Waals surface area contributed by atoms with Crippen molar-refractivity contribution in [1.82, 2.24) is 5.32 Å². The fourth-order valence-electron chi connectivity index (χ4n) is 3.10. The Labute approximate surface area is 139 Å². The van der Waals surface area contributed by atoms with E-state index in [-0.39, 0.29) is 29.9 Å². The van der Waals surface area contributed by atoms with Crippen molar-refractivity contribution in [1.29, 1.82) is 0 Å². The highest BCUT2D eigenvalue weighted by Crippen LogP contribution is 2.34. The van der Waals surface area contributed by atoms with E-state index in [9.17, 15) is 14.7 Å². The topological polar surface area (TPSA) is 88.8 Å². The number of ether oxygens (including phenoxy) is 1. The Morgan fingerprint density at radius 2 is 2.21 bits per heavy atom. The summed E-state index contributed by atoms with van der Waals surface area (Å²) < 4.78 is 9.84. The maximum atomic E-state index is 12.6. The number of fused-ring (bicyclic) bond motifs is 1. The molecule has 1 atom stereocenters. The normalized spacial score (nSPS) is 16.3. The highest BCUT2D eigenvalue weighted by atomic mass is 16.5. The first-order valence-corrected chi connectivity index (χ1v) is 7.85. The molecule has 1 unspecified atom stereocenters. The van der Waals surface area contributed by atoms with E-state index in [1.807, 2.05) is 6.07 Å². The van der Waals surface area contributed by atoms with Crippen molar-refractivity contribution in [2.24, 2.45) is 0 Å². The zero-order chi connectivity index (χ0) is 17.1. The monoisotopic (exact) mass is 329 g/mol. The summed E-state index contributed by atoms with van der Waals surface area (Å²) in [6.45, 7) is 0. The van der Waals surface area contributed by atoms with Gasteiger partial charge in [0, 0.05) is 0 Å². The van der Waals surface area contributed by atoms with Gasteiger partial charge in [-0.1, -0.05) is 12.1 Å². The minimum absolute atomic E-state index is 0.0890. The van der Waals surface area contributed by atoms with E-state index in [0.29, 0.717) is 5.56 Å². The summed E-state index contributed by atoms with van der Waals surface area (Å²) >= 11 is 0. The molecular formula is C18H19NO5. The molecule has 1 aliphatic rings. The average molecular weight is 329 g/mol. The maximum Gasteiger partial charge on any atom is 0.313 e. The van der Waals surface area contributed by atoms with Crippen molar-refractivity contribution in [3.63, 3.8) is 0 Å². The van der Waals surface area contributed by atoms with Gasteiger partial charge in [-0.2, -0.15) is 0 Å². The molecule has 126 valence electrons. The maximum absolute atomic E-state index is 12.6. The Morgan fingerprint density at radius 1 is 1.38 bits per heavy atom. The lowest BCUT2D eigenvalue weighted by atomic mass is 9.87. The first-order chi connectivity index (χ1) is 11.6. The number of hydrogen-bond donors (Lipinski definition) is 2. The molecule has 1 aliphatic carbocycles. The number of nitrogens with one attached hydrogen (secondary N) is 1. The summed E-state index contributed by atoms with van der Waals surface area (Å²) in [5.74, 6) is -0.219. The summed E-state index contributed by atoms with van der Waals surface area (Å²) in [7, 11) is 1.29. The van der Waals surface area contributed by atoms with Gasteiger partial charge in [0.25, 0.3) is 5.91 Å². The van der Waals surface area contributed by atoms with Gasteiger partial charge in [0.1, 0.15) is 17.9 Å². The number of esters is 1. The molecule has 2 aromatic rings. The second kappa shape index (κ2) is 6.78. The fourth-order valence-corrected chi connectivity index (χ4v) is 3.10. The third-order valence-electron chi connectivity index (χ3n) is 4.31. The van der Waals surface area contributed by atoms with Crippen LogP contribution in [0.4, 0.5) is 0 Å². The summed E-state index contributed by atoms with van der Waals surface area (Å²) in [5, 5.41) is 13.0. The standard InChI is InChI=1S/C18H19NO5/c1-23-17(21)10-16-13(8-9-24-16)18(22)19-14-6-2-5-12-11(14)4-3-7-15(12)20/h3-4,7-9,14,20H,2,5-6,10H2,1H3,(H,19,22). The van der Waals surface area contributed by atoms with E-state index in [1.54, 1.807) is 18.2 Å². The van der Waals surface area contributed by atoms with Crippen LogP contribution in [-0.2, 0) is 22.4 Å². The Bertz CT molecular complexity index is 765. The molecule has 0 bridgehead atoms. The molecule has 0 spiro atoms. The van der Waals surface area contributed by atoms with Gasteiger partial charge < -0.3 is 19.6 Å². The van der Waals surface area contributed by atoms with Crippen molar-refractivity contribution in [3.8, 4) is 5.75 Å². The van der Waals surface area contributed by atoms with Gasteiger partial charge in [-0.25, -0.2) is 0 Å². The summed E-state index contributed by atoms with van der Waals surface area (Å²) in [4.78, 5) is 24.0. The summed E-state index contributed by atoms with van der Waals surface area (Å²) in [6.07, 6.45) is 3.78. The van der Waals surface area contributed by atoms with E-state index in [0.717, 1.165) is 30.4 Å². The molecule has 1 aromatic heterocycles. The highest BCUT2D eigenvalue weighted by Gasteiger charge is 2.26. The number of carbonyl (C=O) groups excluding carboxylic acids is 2. The van der Waals surface area contributed by atoms with Crippen LogP contribution in [-0.4, -0.2) is 24.1 Å². The summed E-state index contributed by atoms with van der Waals surface area (Å²) in [5.41, 5.74) is 2.15. The SMILES string of the molecule is COC(=O)Cc1occc1C(=O)NC1CCCc2c(O)cccc21. The number of furan rings is 1. The van der Waals surface area contributed by atoms with Crippen LogP contribution >= 0.6 is 0 Å². The predicted octanol–water partition coefficient (Wildman–Crippen LogP) is 2.51. The molecule has 1 amide bonds. The van der Waals surface area contributed by atoms with Crippen LogP contribution in [0.1, 0.15) is 46.1 Å². The molecule has 0 aliphatic heterocycles. The lowest BCUT2D eigenvalue weighted by Crippen LogP contribution is -2.31. The fraction of sp³-hybridized carbons (Fsp3) is 0.333. The minimum atomic E-state index is -0.466. The zero-order valence-corrected chi connectivity index (χ0v) is 13.4. The van der Waals surface area contributed by atoms with Crippen molar-refractivity contribution in [3.05, 3.63) is 53.0 Å². The number of methoxy groups -OCH3 is 1. The van der Waals surface area contributed by atoms with E-state index < -0.39 is 5.97 Å². The number of aromatic hydroxyl groups is 1. The Kier molecular flexibility index (Phi) is 4.55. The van der Waals surface area contributed by atoms with Gasteiger partial charge in [0.2, 0.25) is 0 Å². The Hall–Kier alpha value is -2.76. The largest absolute Gasteiger partial charge is 0.508 e. The molecule has 0 radical (unpaired) electrons. The quantitative estimate of drug-likeness (QED) is 0.841. The molecule has 2 N–H and O–H groups in total. The van der Waals surface area contributed by atoms with Crippen LogP contribution < -0.4 is 5.32 Å². The van der Waals surface area contributed by atoms with Gasteiger partial charge >= 0.3 is 5.97 Å². The van der Waals surface area contributed by atoms with Crippen LogP contribution in [0.15, 0.2) is 34.9 Å². The van der Waals surface area contributed by atoms with Crippen LogP contribution in [0, 0.1) is 0 Å². The number of amides is 1. The Morgan fingerprint density at radius 3 is 3.00 bits per heavy atom. The van der Waals surface area contributed by atoms with Gasteiger partial charge in [0.15, 0.2) is 0 Å². The van der Waals surface area contributed by atoms with Crippen molar-refractivity contribution in [2.45, 2.75) is 31.7 Å². The van der Waals surface area contributed by atoms with Crippen molar-refractivity contribution in [2.75, 3.05) is 7.11 Å². The van der Waals surface area contributed by atoms with E-state index >= 15 is 0 Å². The van der Waals surface area contributed by atoms with Gasteiger partial charge in [-0.05, 0) is 42.5 Å². The molecule has 3 rings (SSSR count). The smallest absolute Gasteiger partial charge is 0.313 e. The number of hydrogen-bond acceptors (Lipinski definition) is 5. The number of benzene rings is 1. The molecule has 6 heteroatoms. The zero-order valence-electron chi connectivity index (χ0n) is 13.4. The van der Waals surface area contributed by atoms with E-state index in [2.05, 4.69) is 10.1 Å². The van der Waals surface area contributed by atoms with E-state index in [4.69, 9.17) is 4.42 Å². The van der Waals surface area contributed by atoms with Crippen LogP contribution in [0.2, 0.25) is 0 Å². The second-order valence-corrected chi connectivity index (χ2v) is 5.77. The third-order valence-corrected chi connectivity index (χ3v) is 4.31. The molecule has 1 aromatic carbocycles. The number of carbonyl (C=O) groups is 2. The first-order valence-electron chi connectivity index (χ1n) is 7.85. The van der Waals surface area contributed by atoms with Crippen LogP contribution in [0.3, 0.4) is 0 Å². The molecule has 0 fully saturated rings. The first kappa shape index (κ1) is 16.1. The minimum Gasteiger partial charge on any atom is -0.508 e. The van der Waals surface area contributed by atoms with Crippen LogP contribution in [0.5, 0.6) is 5.75 Å². The van der Waals surface area contributed by atoms with Gasteiger partial charge in [-0.15, -0.1) is 0 Å². The lowest BCUT2D eigenvalue weighted by Gasteiger charge is -2.26. The predicted molar refractivity (Wildman–Crippen MR) is 85.7 cm³/mol. The molecule has 24 heavy (non-hydrogen) atoms. The highest BCUT2D eigenvalue weighted by molar-refractivity contribution is 5.96. The lowest BCUT2D eigenvalue weighted by molar-refractivity contribution is -0.140. The number of phenolic OH excluding ortho intramolecular Hbond substituents is 1. The molecule has 0 saturated carbocycles. The second-order valence-electron chi connectivity index (χ2n) is 5.77. The molecular weight excluding hydrogens is 310 g/mol. The van der Waals surface area contributed by atoms with Crippen molar-refractivity contribution < 1.29 is 23.8 Å². The third kappa shape index (κ3) is 3.13. The van der Waals surface area contributed by atoms with Gasteiger partial charge in [0.05, 0.1) is 25.0 Å². The molecule has 0 saturated heterocycles. The number of rotatable bonds is 4. The molecule has 6 nitrogen and oxygen atoms in total. The summed E-state index contributed by atoms with van der Waals surface area (Å²) in [6, 6.07) is 6.73. The Balaban J connectivity index is 1.79. The van der Waals surface area contributed by atoms with Gasteiger partial charge in [-0.3, -0.25) is 9.59 Å². The average Bonchev–Trinajstić information content (AvgIpc) is 3.04. The van der Waals surface area contributed by atoms with Crippen molar-refractivity contribution >= 4 is 11.9 Å². The van der Waals surface area contributed by atoms with Crippen LogP contribution in [0.25, 0.3) is 0 Å². The van der Waals surface area contributed by atoms with E-state index in [1.165, 1.54) is 13.4 Å².